The van der Waals surface area contributed by atoms with Crippen LogP contribution < -0.4 is 0 Å². The number of benzene rings is 1. The van der Waals surface area contributed by atoms with Crippen molar-refractivity contribution in [2.45, 2.75) is 19.8 Å². The maximum absolute atomic E-state index is 11.4. The average molecular weight is 246 g/mol. The van der Waals surface area contributed by atoms with Crippen molar-refractivity contribution in [2.75, 3.05) is 0 Å². The molecule has 0 spiro atoms. The Morgan fingerprint density at radius 1 is 1.11 bits per heavy atom. The van der Waals surface area contributed by atoms with Crippen molar-refractivity contribution in [3.8, 4) is 0 Å². The standard InChI is InChI=1S/C14H14O4/c1-10-2-4-11(5-3-10)6-7-12(15)8-13(16)9-14(17)18/h2-7H,8-9H2,1H3,(H,17,18). The first-order valence-electron chi connectivity index (χ1n) is 5.48. The van der Waals surface area contributed by atoms with E-state index >= 15 is 0 Å². The van der Waals surface area contributed by atoms with Crippen molar-refractivity contribution in [2.24, 2.45) is 0 Å². The predicted octanol–water partition coefficient (Wildman–Crippen LogP) is 2.01. The summed E-state index contributed by atoms with van der Waals surface area (Å²) < 4.78 is 0. The molecule has 4 heteroatoms. The zero-order valence-corrected chi connectivity index (χ0v) is 10.1. The lowest BCUT2D eigenvalue weighted by molar-refractivity contribution is -0.140. The molecule has 0 unspecified atom stereocenters. The third-order valence-electron chi connectivity index (χ3n) is 2.26. The molecule has 0 fully saturated rings. The quantitative estimate of drug-likeness (QED) is 0.615. The topological polar surface area (TPSA) is 71.4 Å². The Morgan fingerprint density at radius 3 is 2.28 bits per heavy atom. The van der Waals surface area contributed by atoms with Crippen molar-refractivity contribution < 1.29 is 19.5 Å². The van der Waals surface area contributed by atoms with Crippen LogP contribution in [0.4, 0.5) is 0 Å². The molecule has 94 valence electrons. The molecule has 1 aromatic rings. The predicted molar refractivity (Wildman–Crippen MR) is 67.1 cm³/mol. The van der Waals surface area contributed by atoms with E-state index in [9.17, 15) is 14.4 Å². The molecule has 0 aliphatic carbocycles. The highest BCUT2D eigenvalue weighted by molar-refractivity contribution is 6.09. The zero-order valence-electron chi connectivity index (χ0n) is 10.1. The van der Waals surface area contributed by atoms with E-state index in [2.05, 4.69) is 0 Å². The average Bonchev–Trinajstić information content (AvgIpc) is 2.27. The normalized spacial score (nSPS) is 10.5. The van der Waals surface area contributed by atoms with Crippen molar-refractivity contribution >= 4 is 23.6 Å². The van der Waals surface area contributed by atoms with Crippen molar-refractivity contribution in [1.82, 2.24) is 0 Å². The van der Waals surface area contributed by atoms with E-state index in [1.807, 2.05) is 31.2 Å². The second-order valence-electron chi connectivity index (χ2n) is 4.00. The Bertz CT molecular complexity index is 483. The van der Waals surface area contributed by atoms with E-state index < -0.39 is 18.2 Å². The van der Waals surface area contributed by atoms with Gasteiger partial charge in [-0.25, -0.2) is 0 Å². The van der Waals surface area contributed by atoms with E-state index in [1.165, 1.54) is 6.08 Å². The molecule has 0 aliphatic heterocycles. The Kier molecular flexibility index (Phi) is 4.99. The molecule has 0 atom stereocenters. The number of carboxylic acid groups (broad SMARTS) is 1. The minimum Gasteiger partial charge on any atom is -0.481 e. The third-order valence-corrected chi connectivity index (χ3v) is 2.26. The highest BCUT2D eigenvalue weighted by Gasteiger charge is 2.10. The summed E-state index contributed by atoms with van der Waals surface area (Å²) in [5.74, 6) is -2.18. The lowest BCUT2D eigenvalue weighted by Crippen LogP contribution is -2.10. The highest BCUT2D eigenvalue weighted by atomic mass is 16.4. The molecule has 0 radical (unpaired) electrons. The van der Waals surface area contributed by atoms with E-state index in [1.54, 1.807) is 6.08 Å². The van der Waals surface area contributed by atoms with E-state index in [-0.39, 0.29) is 12.2 Å². The van der Waals surface area contributed by atoms with Gasteiger partial charge in [0.1, 0.15) is 6.42 Å². The largest absolute Gasteiger partial charge is 0.481 e. The van der Waals surface area contributed by atoms with Gasteiger partial charge in [0.15, 0.2) is 11.6 Å². The van der Waals surface area contributed by atoms with Crippen molar-refractivity contribution in [1.29, 1.82) is 0 Å². The molecular weight excluding hydrogens is 232 g/mol. The number of allylic oxidation sites excluding steroid dienone is 1. The first-order valence-corrected chi connectivity index (χ1v) is 5.48. The van der Waals surface area contributed by atoms with Gasteiger partial charge in [-0.15, -0.1) is 0 Å². The third kappa shape index (κ3) is 5.21. The molecule has 0 amide bonds. The van der Waals surface area contributed by atoms with Gasteiger partial charge in [0, 0.05) is 0 Å². The van der Waals surface area contributed by atoms with Gasteiger partial charge >= 0.3 is 5.97 Å². The van der Waals surface area contributed by atoms with Crippen LogP contribution in [0.5, 0.6) is 0 Å². The number of hydrogen-bond donors (Lipinski definition) is 1. The summed E-state index contributed by atoms with van der Waals surface area (Å²) in [6.07, 6.45) is 1.93. The van der Waals surface area contributed by atoms with Crippen LogP contribution in [0.25, 0.3) is 6.08 Å². The fourth-order valence-corrected chi connectivity index (χ4v) is 1.35. The summed E-state index contributed by atoms with van der Waals surface area (Å²) >= 11 is 0. The Balaban J connectivity index is 2.52. The van der Waals surface area contributed by atoms with Crippen LogP contribution in [0.1, 0.15) is 24.0 Å². The van der Waals surface area contributed by atoms with Gasteiger partial charge in [-0.05, 0) is 18.6 Å². The molecule has 1 rings (SSSR count). The Morgan fingerprint density at radius 2 is 1.72 bits per heavy atom. The number of aliphatic carboxylic acids is 1. The van der Waals surface area contributed by atoms with Gasteiger partial charge in [-0.2, -0.15) is 0 Å². The Hall–Kier alpha value is -2.23. The number of Topliss-reactive ketones (excluding diaryl/α,β-unsaturated/α-hetero) is 1. The lowest BCUT2D eigenvalue weighted by atomic mass is 10.1. The number of carbonyl (C=O) groups is 3. The molecule has 0 aromatic heterocycles. The van der Waals surface area contributed by atoms with Crippen LogP contribution in [0, 0.1) is 6.92 Å². The van der Waals surface area contributed by atoms with Crippen LogP contribution >= 0.6 is 0 Å². The minimum atomic E-state index is -1.21. The summed E-state index contributed by atoms with van der Waals surface area (Å²) in [4.78, 5) is 32.7. The summed E-state index contributed by atoms with van der Waals surface area (Å²) in [5.41, 5.74) is 1.98. The first-order chi connectivity index (χ1) is 8.47. The molecule has 1 N–H and O–H groups in total. The number of rotatable bonds is 6. The van der Waals surface area contributed by atoms with Crippen LogP contribution in [-0.2, 0) is 14.4 Å². The molecular formula is C14H14O4. The van der Waals surface area contributed by atoms with Crippen LogP contribution in [0.3, 0.4) is 0 Å². The van der Waals surface area contributed by atoms with E-state index in [0.29, 0.717) is 0 Å². The number of hydrogen-bond acceptors (Lipinski definition) is 3. The maximum atomic E-state index is 11.4. The SMILES string of the molecule is Cc1ccc(C=CC(=O)CC(=O)CC(=O)O)cc1. The van der Waals surface area contributed by atoms with E-state index in [4.69, 9.17) is 5.11 Å². The Labute approximate surface area is 105 Å². The van der Waals surface area contributed by atoms with Gasteiger partial charge in [0.05, 0.1) is 6.42 Å². The second-order valence-corrected chi connectivity index (χ2v) is 4.00. The van der Waals surface area contributed by atoms with Crippen LogP contribution in [0.2, 0.25) is 0 Å². The summed E-state index contributed by atoms with van der Waals surface area (Å²) in [5, 5.41) is 8.38. The highest BCUT2D eigenvalue weighted by Crippen LogP contribution is 2.05. The zero-order chi connectivity index (χ0) is 13.5. The maximum Gasteiger partial charge on any atom is 0.310 e. The molecule has 0 heterocycles. The minimum absolute atomic E-state index is 0.366. The lowest BCUT2D eigenvalue weighted by Gasteiger charge is -1.95. The summed E-state index contributed by atoms with van der Waals surface area (Å²) in [6.45, 7) is 1.96. The monoisotopic (exact) mass is 246 g/mol. The van der Waals surface area contributed by atoms with Crippen LogP contribution in [-0.4, -0.2) is 22.6 Å². The van der Waals surface area contributed by atoms with Gasteiger partial charge in [0.25, 0.3) is 0 Å². The fraction of sp³-hybridized carbons (Fsp3) is 0.214. The number of ketones is 2. The molecule has 0 aliphatic rings. The smallest absolute Gasteiger partial charge is 0.310 e. The van der Waals surface area contributed by atoms with E-state index in [0.717, 1.165) is 11.1 Å². The van der Waals surface area contributed by atoms with Gasteiger partial charge in [-0.3, -0.25) is 14.4 Å². The summed E-state index contributed by atoms with van der Waals surface area (Å²) in [7, 11) is 0. The van der Waals surface area contributed by atoms with Crippen molar-refractivity contribution in [3.05, 3.63) is 41.5 Å². The van der Waals surface area contributed by atoms with Gasteiger partial charge in [0.2, 0.25) is 0 Å². The number of carboxylic acids is 1. The number of carbonyl (C=O) groups excluding carboxylic acids is 2. The van der Waals surface area contributed by atoms with Gasteiger partial charge in [-0.1, -0.05) is 35.9 Å². The number of aryl methyl sites for hydroxylation is 1. The first kappa shape index (κ1) is 13.8. The fourth-order valence-electron chi connectivity index (χ4n) is 1.35. The molecule has 18 heavy (non-hydrogen) atoms. The van der Waals surface area contributed by atoms with Crippen LogP contribution in [0.15, 0.2) is 30.3 Å². The molecule has 1 aromatic carbocycles. The summed E-state index contributed by atoms with van der Waals surface area (Å²) in [6, 6.07) is 7.55. The molecule has 0 saturated carbocycles. The van der Waals surface area contributed by atoms with Crippen molar-refractivity contribution in [3.63, 3.8) is 0 Å². The molecule has 0 bridgehead atoms. The molecule has 0 saturated heterocycles. The molecule has 4 nitrogen and oxygen atoms in total. The second kappa shape index (κ2) is 6.49. The van der Waals surface area contributed by atoms with Gasteiger partial charge < -0.3 is 5.11 Å².